The maximum atomic E-state index is 13.1. The standard InChI is InChI=1S/C17H17Cl3N4O4S/c18-10-2-1-3-12(14(10)20)24(17(21)26)13-5-4-11(19)16(15(13)25)29(27,28)23-8-6-22-7-9-23/h1-5,22,25H,6-9H2,(H2,21,26). The van der Waals surface area contributed by atoms with Gasteiger partial charge in [0.1, 0.15) is 4.90 Å². The van der Waals surface area contributed by atoms with E-state index in [1.54, 1.807) is 0 Å². The van der Waals surface area contributed by atoms with Gasteiger partial charge in [-0.05, 0) is 24.3 Å². The summed E-state index contributed by atoms with van der Waals surface area (Å²) >= 11 is 18.3. The zero-order chi connectivity index (χ0) is 21.3. The Hall–Kier alpha value is -1.75. The number of hydrogen-bond acceptors (Lipinski definition) is 5. The van der Waals surface area contributed by atoms with Gasteiger partial charge in [0.15, 0.2) is 5.75 Å². The van der Waals surface area contributed by atoms with Crippen LogP contribution in [0, 0.1) is 0 Å². The van der Waals surface area contributed by atoms with Gasteiger partial charge in [-0.1, -0.05) is 40.9 Å². The summed E-state index contributed by atoms with van der Waals surface area (Å²) in [5.41, 5.74) is 5.39. The number of carbonyl (C=O) groups excluding carboxylic acids is 1. The first kappa shape index (κ1) is 21.9. The zero-order valence-electron chi connectivity index (χ0n) is 14.9. The first-order valence-electron chi connectivity index (χ1n) is 8.42. The zero-order valence-corrected chi connectivity index (χ0v) is 18.0. The number of anilines is 2. The molecule has 0 spiro atoms. The third kappa shape index (κ3) is 4.11. The molecular formula is C17H17Cl3N4O4S. The van der Waals surface area contributed by atoms with Crippen LogP contribution in [0.25, 0.3) is 0 Å². The van der Waals surface area contributed by atoms with Crippen molar-refractivity contribution in [2.24, 2.45) is 5.73 Å². The average molecular weight is 480 g/mol. The van der Waals surface area contributed by atoms with E-state index in [4.69, 9.17) is 40.5 Å². The van der Waals surface area contributed by atoms with E-state index in [0.717, 1.165) is 4.90 Å². The molecular weight excluding hydrogens is 463 g/mol. The number of nitrogens with one attached hydrogen (secondary N) is 1. The smallest absolute Gasteiger partial charge is 0.324 e. The van der Waals surface area contributed by atoms with Gasteiger partial charge in [0.2, 0.25) is 10.0 Å². The minimum Gasteiger partial charge on any atom is -0.504 e. The fourth-order valence-corrected chi connectivity index (χ4v) is 5.42. The summed E-state index contributed by atoms with van der Waals surface area (Å²) in [7, 11) is -4.13. The van der Waals surface area contributed by atoms with Crippen LogP contribution in [0.2, 0.25) is 15.1 Å². The van der Waals surface area contributed by atoms with Gasteiger partial charge in [-0.15, -0.1) is 0 Å². The molecule has 8 nitrogen and oxygen atoms in total. The minimum atomic E-state index is -4.13. The molecule has 1 aliphatic heterocycles. The molecule has 0 saturated carbocycles. The highest BCUT2D eigenvalue weighted by Gasteiger charge is 2.34. The lowest BCUT2D eigenvalue weighted by Crippen LogP contribution is -2.46. The Morgan fingerprint density at radius 2 is 1.72 bits per heavy atom. The lowest BCUT2D eigenvalue weighted by Gasteiger charge is -2.29. The van der Waals surface area contributed by atoms with Crippen molar-refractivity contribution in [2.75, 3.05) is 31.1 Å². The summed E-state index contributed by atoms with van der Waals surface area (Å²) in [6.07, 6.45) is 0. The molecule has 2 amide bonds. The maximum absolute atomic E-state index is 13.1. The second kappa shape index (κ2) is 8.55. The number of carbonyl (C=O) groups is 1. The number of piperazine rings is 1. The number of halogens is 3. The molecule has 3 rings (SSSR count). The Kier molecular flexibility index (Phi) is 6.47. The molecule has 2 aromatic carbocycles. The van der Waals surface area contributed by atoms with Crippen LogP contribution in [0.3, 0.4) is 0 Å². The monoisotopic (exact) mass is 478 g/mol. The van der Waals surface area contributed by atoms with Crippen molar-refractivity contribution in [3.05, 3.63) is 45.4 Å². The number of aromatic hydroxyl groups is 1. The highest BCUT2D eigenvalue weighted by atomic mass is 35.5. The molecule has 29 heavy (non-hydrogen) atoms. The van der Waals surface area contributed by atoms with Gasteiger partial charge in [-0.3, -0.25) is 4.90 Å². The Bertz CT molecular complexity index is 1060. The van der Waals surface area contributed by atoms with E-state index < -0.39 is 26.7 Å². The van der Waals surface area contributed by atoms with E-state index >= 15 is 0 Å². The molecule has 0 unspecified atom stereocenters. The number of urea groups is 1. The van der Waals surface area contributed by atoms with Crippen molar-refractivity contribution < 1.29 is 18.3 Å². The molecule has 1 aliphatic rings. The Labute approximate surface area is 182 Å². The maximum Gasteiger partial charge on any atom is 0.324 e. The van der Waals surface area contributed by atoms with Gasteiger partial charge in [0, 0.05) is 26.2 Å². The van der Waals surface area contributed by atoms with E-state index in [1.807, 2.05) is 0 Å². The topological polar surface area (TPSA) is 116 Å². The van der Waals surface area contributed by atoms with Crippen LogP contribution < -0.4 is 16.0 Å². The van der Waals surface area contributed by atoms with Crippen molar-refractivity contribution >= 4 is 62.2 Å². The quantitative estimate of drug-likeness (QED) is 0.623. The van der Waals surface area contributed by atoms with E-state index in [2.05, 4.69) is 5.32 Å². The Balaban J connectivity index is 2.19. The van der Waals surface area contributed by atoms with E-state index in [-0.39, 0.29) is 39.5 Å². The molecule has 0 bridgehead atoms. The predicted octanol–water partition coefficient (Wildman–Crippen LogP) is 3.16. The Morgan fingerprint density at radius 1 is 1.07 bits per heavy atom. The van der Waals surface area contributed by atoms with E-state index in [9.17, 15) is 18.3 Å². The molecule has 1 heterocycles. The van der Waals surface area contributed by atoms with Crippen LogP contribution in [-0.4, -0.2) is 50.0 Å². The first-order chi connectivity index (χ1) is 13.7. The summed E-state index contributed by atoms with van der Waals surface area (Å²) in [4.78, 5) is 12.6. The SMILES string of the molecule is NC(=O)N(c1ccc(Cl)c(S(=O)(=O)N2CCNCC2)c1O)c1cccc(Cl)c1Cl. The van der Waals surface area contributed by atoms with Gasteiger partial charge >= 0.3 is 6.03 Å². The highest BCUT2D eigenvalue weighted by Crippen LogP contribution is 2.44. The Morgan fingerprint density at radius 3 is 2.34 bits per heavy atom. The minimum absolute atomic E-state index is 0.00817. The first-order valence-corrected chi connectivity index (χ1v) is 11.0. The molecule has 12 heteroatoms. The third-order valence-corrected chi connectivity index (χ3v) is 7.58. The fraction of sp³-hybridized carbons (Fsp3) is 0.235. The number of nitrogens with two attached hydrogens (primary N) is 1. The molecule has 1 fully saturated rings. The lowest BCUT2D eigenvalue weighted by atomic mass is 10.2. The molecule has 0 atom stereocenters. The fourth-order valence-electron chi connectivity index (χ4n) is 3.01. The largest absolute Gasteiger partial charge is 0.504 e. The number of sulfonamides is 1. The molecule has 156 valence electrons. The lowest BCUT2D eigenvalue weighted by molar-refractivity contribution is 0.256. The molecule has 0 aromatic heterocycles. The molecule has 0 radical (unpaired) electrons. The van der Waals surface area contributed by atoms with Crippen molar-refractivity contribution in [1.82, 2.24) is 9.62 Å². The summed E-state index contributed by atoms with van der Waals surface area (Å²) in [6, 6.07) is 6.03. The van der Waals surface area contributed by atoms with Crippen molar-refractivity contribution in [3.8, 4) is 5.75 Å². The third-order valence-electron chi connectivity index (χ3n) is 4.37. The second-order valence-electron chi connectivity index (χ2n) is 6.14. The molecule has 1 saturated heterocycles. The normalized spacial score (nSPS) is 15.3. The number of primary amides is 1. The number of rotatable bonds is 4. The van der Waals surface area contributed by atoms with Crippen LogP contribution in [0.5, 0.6) is 5.75 Å². The van der Waals surface area contributed by atoms with Crippen LogP contribution in [0.15, 0.2) is 35.2 Å². The van der Waals surface area contributed by atoms with Gasteiger partial charge in [-0.25, -0.2) is 13.2 Å². The van der Waals surface area contributed by atoms with Crippen LogP contribution in [-0.2, 0) is 10.0 Å². The number of benzene rings is 2. The summed E-state index contributed by atoms with van der Waals surface area (Å²) in [6.45, 7) is 1.34. The summed E-state index contributed by atoms with van der Waals surface area (Å²) in [5.74, 6) is -0.717. The number of phenolic OH excluding ortho intramolecular Hbond substituents is 1. The van der Waals surface area contributed by atoms with Crippen LogP contribution in [0.1, 0.15) is 0 Å². The van der Waals surface area contributed by atoms with Gasteiger partial charge < -0.3 is 16.2 Å². The highest BCUT2D eigenvalue weighted by molar-refractivity contribution is 7.89. The number of hydrogen-bond donors (Lipinski definition) is 3. The van der Waals surface area contributed by atoms with Crippen molar-refractivity contribution in [1.29, 1.82) is 0 Å². The number of nitrogens with zero attached hydrogens (tertiary/aromatic N) is 2. The van der Waals surface area contributed by atoms with Gasteiger partial charge in [0.25, 0.3) is 0 Å². The molecule has 2 aromatic rings. The number of phenols is 1. The van der Waals surface area contributed by atoms with Crippen molar-refractivity contribution in [2.45, 2.75) is 4.90 Å². The van der Waals surface area contributed by atoms with Crippen LogP contribution >= 0.6 is 34.8 Å². The van der Waals surface area contributed by atoms with Gasteiger partial charge in [0.05, 0.1) is 26.4 Å². The van der Waals surface area contributed by atoms with Crippen molar-refractivity contribution in [3.63, 3.8) is 0 Å². The number of amides is 2. The second-order valence-corrected chi connectivity index (χ2v) is 9.21. The van der Waals surface area contributed by atoms with E-state index in [0.29, 0.717) is 13.1 Å². The molecule has 0 aliphatic carbocycles. The van der Waals surface area contributed by atoms with Gasteiger partial charge in [-0.2, -0.15) is 4.31 Å². The average Bonchev–Trinajstić information content (AvgIpc) is 2.67. The summed E-state index contributed by atoms with van der Waals surface area (Å²) in [5, 5.41) is 13.9. The predicted molar refractivity (Wildman–Crippen MR) is 113 cm³/mol. The van der Waals surface area contributed by atoms with Crippen LogP contribution in [0.4, 0.5) is 16.2 Å². The summed E-state index contributed by atoms with van der Waals surface area (Å²) < 4.78 is 27.4. The van der Waals surface area contributed by atoms with E-state index in [1.165, 1.54) is 34.6 Å². The molecule has 4 N–H and O–H groups in total.